The molecule has 0 aliphatic carbocycles. The number of carbonyl (C=O) groups is 2. The Hall–Kier alpha value is -3.97. The first kappa shape index (κ1) is 25.1. The van der Waals surface area contributed by atoms with Gasteiger partial charge in [-0.3, -0.25) is 9.69 Å². The third kappa shape index (κ3) is 4.27. The summed E-state index contributed by atoms with van der Waals surface area (Å²) >= 11 is 6.36. The molecule has 0 N–H and O–H groups in total. The number of methoxy groups -OCH3 is 3. The predicted octanol–water partition coefficient (Wildman–Crippen LogP) is 5.64. The quantitative estimate of drug-likeness (QED) is 0.319. The number of carbonyl (C=O) groups excluding carboxylic acids is 2. The van der Waals surface area contributed by atoms with Crippen molar-refractivity contribution in [1.82, 2.24) is 4.57 Å². The van der Waals surface area contributed by atoms with Crippen molar-refractivity contribution in [3.8, 4) is 17.2 Å². The Morgan fingerprint density at radius 1 is 0.917 bits per heavy atom. The summed E-state index contributed by atoms with van der Waals surface area (Å²) in [6.45, 7) is 5.65. The molecule has 0 spiro atoms. The van der Waals surface area contributed by atoms with Gasteiger partial charge in [-0.05, 0) is 80.9 Å². The van der Waals surface area contributed by atoms with Crippen LogP contribution in [-0.4, -0.2) is 37.8 Å². The summed E-state index contributed by atoms with van der Waals surface area (Å²) < 4.78 is 17.6. The number of allylic oxidation sites excluding steroid dienone is 1. The number of esters is 1. The van der Waals surface area contributed by atoms with Crippen LogP contribution in [0.15, 0.2) is 65.4 Å². The second-order valence-electron chi connectivity index (χ2n) is 8.33. The van der Waals surface area contributed by atoms with Crippen LogP contribution in [0.5, 0.6) is 11.5 Å². The maximum atomic E-state index is 13.6. The van der Waals surface area contributed by atoms with E-state index in [-0.39, 0.29) is 17.1 Å². The van der Waals surface area contributed by atoms with E-state index in [1.807, 2.05) is 42.7 Å². The molecule has 0 radical (unpaired) electrons. The van der Waals surface area contributed by atoms with Crippen LogP contribution in [0.3, 0.4) is 0 Å². The summed E-state index contributed by atoms with van der Waals surface area (Å²) in [5.74, 6) is 0.375. The zero-order valence-electron chi connectivity index (χ0n) is 21.0. The highest BCUT2D eigenvalue weighted by Gasteiger charge is 2.38. The minimum absolute atomic E-state index is 0.232. The molecule has 186 valence electrons. The van der Waals surface area contributed by atoms with Gasteiger partial charge in [0.15, 0.2) is 0 Å². The Bertz CT molecular complexity index is 1420. The van der Waals surface area contributed by atoms with Crippen LogP contribution in [-0.2, 0) is 14.3 Å². The van der Waals surface area contributed by atoms with E-state index in [2.05, 4.69) is 0 Å². The summed E-state index contributed by atoms with van der Waals surface area (Å²) in [6, 6.07) is 14.6. The average molecular weight is 507 g/mol. The highest BCUT2D eigenvalue weighted by molar-refractivity contribution is 6.32. The maximum absolute atomic E-state index is 13.6. The van der Waals surface area contributed by atoms with Gasteiger partial charge in [0.25, 0.3) is 5.91 Å². The fourth-order valence-corrected chi connectivity index (χ4v) is 4.76. The summed E-state index contributed by atoms with van der Waals surface area (Å²) in [7, 11) is 4.45. The topological polar surface area (TPSA) is 70.0 Å². The molecule has 8 heteroatoms. The van der Waals surface area contributed by atoms with Crippen molar-refractivity contribution >= 4 is 35.2 Å². The molecule has 36 heavy (non-hydrogen) atoms. The molecule has 7 nitrogen and oxygen atoms in total. The molecule has 0 bridgehead atoms. The number of hydrogen-bond acceptors (Lipinski definition) is 5. The standard InChI is InChI=1S/C28H27ClN2O5/c1-16-13-19(17(2)30(16)21-9-12-25(35-5)24(29)15-21)14-23-26(28(33)36-6)18(3)31(27(23)32)20-7-10-22(34-4)11-8-20/h7-15H,1-6H3/b23-14-. The summed E-state index contributed by atoms with van der Waals surface area (Å²) in [5.41, 5.74) is 5.11. The van der Waals surface area contributed by atoms with Crippen molar-refractivity contribution in [3.63, 3.8) is 0 Å². The van der Waals surface area contributed by atoms with Crippen LogP contribution in [0.2, 0.25) is 5.02 Å². The minimum atomic E-state index is -0.571. The molecule has 1 aromatic heterocycles. The van der Waals surface area contributed by atoms with Crippen LogP contribution < -0.4 is 14.4 Å². The van der Waals surface area contributed by atoms with E-state index in [4.69, 9.17) is 25.8 Å². The number of halogens is 1. The molecule has 1 aliphatic rings. The van der Waals surface area contributed by atoms with Gasteiger partial charge in [0.05, 0.1) is 37.5 Å². The lowest BCUT2D eigenvalue weighted by Gasteiger charge is -2.18. The van der Waals surface area contributed by atoms with Gasteiger partial charge in [0.2, 0.25) is 0 Å². The Morgan fingerprint density at radius 3 is 2.17 bits per heavy atom. The van der Waals surface area contributed by atoms with Gasteiger partial charge >= 0.3 is 5.97 Å². The molecule has 1 aliphatic heterocycles. The fourth-order valence-electron chi connectivity index (χ4n) is 4.50. The van der Waals surface area contributed by atoms with E-state index < -0.39 is 5.97 Å². The average Bonchev–Trinajstić information content (AvgIpc) is 3.29. The maximum Gasteiger partial charge on any atom is 0.340 e. The number of aryl methyl sites for hydroxylation is 1. The van der Waals surface area contributed by atoms with E-state index >= 15 is 0 Å². The normalized spacial score (nSPS) is 14.6. The minimum Gasteiger partial charge on any atom is -0.497 e. The number of benzene rings is 2. The van der Waals surface area contributed by atoms with Gasteiger partial charge in [-0.2, -0.15) is 0 Å². The molecule has 2 heterocycles. The van der Waals surface area contributed by atoms with E-state index in [9.17, 15) is 9.59 Å². The number of ether oxygens (including phenoxy) is 3. The van der Waals surface area contributed by atoms with Crippen LogP contribution in [0, 0.1) is 13.8 Å². The molecule has 0 saturated heterocycles. The number of aromatic nitrogens is 1. The van der Waals surface area contributed by atoms with Gasteiger partial charge < -0.3 is 18.8 Å². The Labute approximate surface area is 215 Å². The van der Waals surface area contributed by atoms with Crippen molar-refractivity contribution in [3.05, 3.63) is 87.3 Å². The number of nitrogens with zero attached hydrogens (tertiary/aromatic N) is 2. The monoisotopic (exact) mass is 506 g/mol. The van der Waals surface area contributed by atoms with Crippen LogP contribution in [0.4, 0.5) is 5.69 Å². The number of hydrogen-bond donors (Lipinski definition) is 0. The van der Waals surface area contributed by atoms with E-state index in [1.165, 1.54) is 12.0 Å². The summed E-state index contributed by atoms with van der Waals surface area (Å²) in [5, 5.41) is 0.495. The van der Waals surface area contributed by atoms with Gasteiger partial charge in [0, 0.05) is 28.5 Å². The molecule has 0 unspecified atom stereocenters. The molecule has 4 rings (SSSR count). The van der Waals surface area contributed by atoms with Crippen molar-refractivity contribution < 1.29 is 23.8 Å². The molecular formula is C28H27ClN2O5. The van der Waals surface area contributed by atoms with Gasteiger partial charge in [-0.25, -0.2) is 4.79 Å². The second-order valence-corrected chi connectivity index (χ2v) is 8.74. The van der Waals surface area contributed by atoms with Crippen molar-refractivity contribution in [2.75, 3.05) is 26.2 Å². The summed E-state index contributed by atoms with van der Waals surface area (Å²) in [6.07, 6.45) is 1.74. The third-order valence-corrected chi connectivity index (χ3v) is 6.58. The lowest BCUT2D eigenvalue weighted by molar-refractivity contribution is -0.136. The van der Waals surface area contributed by atoms with Crippen molar-refractivity contribution in [2.45, 2.75) is 20.8 Å². The lowest BCUT2D eigenvalue weighted by Crippen LogP contribution is -2.24. The molecule has 2 aromatic carbocycles. The van der Waals surface area contributed by atoms with Crippen molar-refractivity contribution in [1.29, 1.82) is 0 Å². The molecule has 3 aromatic rings. The third-order valence-electron chi connectivity index (χ3n) is 6.28. The predicted molar refractivity (Wildman–Crippen MR) is 140 cm³/mol. The zero-order valence-corrected chi connectivity index (χ0v) is 21.8. The molecule has 1 amide bonds. The van der Waals surface area contributed by atoms with Gasteiger partial charge in [0.1, 0.15) is 11.5 Å². The van der Waals surface area contributed by atoms with Crippen molar-refractivity contribution in [2.24, 2.45) is 0 Å². The fraction of sp³-hybridized carbons (Fsp3) is 0.214. The highest BCUT2D eigenvalue weighted by Crippen LogP contribution is 2.37. The van der Waals surface area contributed by atoms with E-state index in [0.29, 0.717) is 27.9 Å². The molecular weight excluding hydrogens is 480 g/mol. The SMILES string of the molecule is COC(=O)C1=C(C)N(c2ccc(OC)cc2)C(=O)/C1=C\c1cc(C)n(-c2ccc(OC)c(Cl)c2)c1C. The van der Waals surface area contributed by atoms with Crippen LogP contribution in [0.1, 0.15) is 23.9 Å². The zero-order chi connectivity index (χ0) is 26.1. The first-order valence-corrected chi connectivity index (χ1v) is 11.6. The largest absolute Gasteiger partial charge is 0.497 e. The Balaban J connectivity index is 1.81. The van der Waals surface area contributed by atoms with E-state index in [0.717, 1.165) is 22.6 Å². The Morgan fingerprint density at radius 2 is 1.58 bits per heavy atom. The second kappa shape index (κ2) is 9.95. The highest BCUT2D eigenvalue weighted by atomic mass is 35.5. The first-order valence-electron chi connectivity index (χ1n) is 11.2. The van der Waals surface area contributed by atoms with Crippen LogP contribution >= 0.6 is 11.6 Å². The van der Waals surface area contributed by atoms with Gasteiger partial charge in [-0.15, -0.1) is 0 Å². The number of rotatable bonds is 6. The first-order chi connectivity index (χ1) is 17.2. The number of amides is 1. The lowest BCUT2D eigenvalue weighted by atomic mass is 10.0. The molecule has 0 fully saturated rings. The van der Waals surface area contributed by atoms with Crippen LogP contribution in [0.25, 0.3) is 11.8 Å². The van der Waals surface area contributed by atoms with E-state index in [1.54, 1.807) is 51.5 Å². The molecule has 0 atom stereocenters. The Kier molecular flexibility index (Phi) is 6.95. The van der Waals surface area contributed by atoms with Gasteiger partial charge in [-0.1, -0.05) is 11.6 Å². The molecule has 0 saturated carbocycles. The smallest absolute Gasteiger partial charge is 0.340 e. The summed E-state index contributed by atoms with van der Waals surface area (Å²) in [4.78, 5) is 27.9. The number of anilines is 1.